The second-order valence-corrected chi connectivity index (χ2v) is 10.4. The van der Waals surface area contributed by atoms with E-state index in [4.69, 9.17) is 0 Å². The molecule has 0 unspecified atom stereocenters. The minimum atomic E-state index is -3.25. The fraction of sp³-hybridized carbons (Fsp3) is 0.647. The molecule has 4 nitrogen and oxygen atoms in total. The molecule has 1 aromatic rings. The summed E-state index contributed by atoms with van der Waals surface area (Å²) in [5.41, 5.74) is 1.09. The molecule has 0 aromatic heterocycles. The van der Waals surface area contributed by atoms with Gasteiger partial charge in [0.15, 0.2) is 0 Å². The summed E-state index contributed by atoms with van der Waals surface area (Å²) in [4.78, 5) is 0.954. The topological polar surface area (TPSA) is 58.2 Å². The first kappa shape index (κ1) is 18.6. The molecule has 1 fully saturated rings. The lowest BCUT2D eigenvalue weighted by molar-refractivity contribution is 0.322. The SMILES string of the molecule is CC(C)(C)S(=O)(=O)N[C@H]1CC[C@H](CNc2cccc(S)c2)CC1. The van der Waals surface area contributed by atoms with Gasteiger partial charge in [-0.25, -0.2) is 13.1 Å². The van der Waals surface area contributed by atoms with Crippen LogP contribution in [0.2, 0.25) is 0 Å². The molecule has 0 bridgehead atoms. The lowest BCUT2D eigenvalue weighted by atomic mass is 9.86. The third-order valence-corrected chi connectivity index (χ3v) is 6.95. The first-order valence-electron chi connectivity index (χ1n) is 8.22. The van der Waals surface area contributed by atoms with Gasteiger partial charge >= 0.3 is 0 Å². The van der Waals surface area contributed by atoms with Gasteiger partial charge in [0, 0.05) is 23.2 Å². The fourth-order valence-electron chi connectivity index (χ4n) is 2.76. The monoisotopic (exact) mass is 356 g/mol. The summed E-state index contributed by atoms with van der Waals surface area (Å²) in [5, 5.41) is 3.45. The predicted molar refractivity (Wildman–Crippen MR) is 99.7 cm³/mol. The Morgan fingerprint density at radius 2 is 1.83 bits per heavy atom. The molecule has 0 saturated heterocycles. The highest BCUT2D eigenvalue weighted by Gasteiger charge is 2.32. The van der Waals surface area contributed by atoms with E-state index in [1.54, 1.807) is 20.8 Å². The molecule has 6 heteroatoms. The van der Waals surface area contributed by atoms with E-state index in [2.05, 4.69) is 22.7 Å². The zero-order valence-corrected chi connectivity index (χ0v) is 15.9. The van der Waals surface area contributed by atoms with Crippen LogP contribution in [-0.4, -0.2) is 25.8 Å². The zero-order chi connectivity index (χ0) is 17.1. The van der Waals surface area contributed by atoms with Crippen LogP contribution in [0.3, 0.4) is 0 Å². The minimum absolute atomic E-state index is 0.0799. The highest BCUT2D eigenvalue weighted by Crippen LogP contribution is 2.27. The average Bonchev–Trinajstić information content (AvgIpc) is 2.45. The molecule has 0 radical (unpaired) electrons. The summed E-state index contributed by atoms with van der Waals surface area (Å²) in [6.45, 7) is 6.14. The van der Waals surface area contributed by atoms with Crippen molar-refractivity contribution in [2.75, 3.05) is 11.9 Å². The number of sulfonamides is 1. The molecule has 1 aromatic carbocycles. The van der Waals surface area contributed by atoms with Crippen LogP contribution in [0.1, 0.15) is 46.5 Å². The van der Waals surface area contributed by atoms with E-state index in [9.17, 15) is 8.42 Å². The molecule has 0 atom stereocenters. The van der Waals surface area contributed by atoms with Gasteiger partial charge in [0.2, 0.25) is 10.0 Å². The van der Waals surface area contributed by atoms with Crippen molar-refractivity contribution in [3.8, 4) is 0 Å². The van der Waals surface area contributed by atoms with E-state index in [0.717, 1.165) is 42.8 Å². The number of hydrogen-bond acceptors (Lipinski definition) is 4. The summed E-state index contributed by atoms with van der Waals surface area (Å²) in [5.74, 6) is 0.592. The molecule has 23 heavy (non-hydrogen) atoms. The van der Waals surface area contributed by atoms with Crippen LogP contribution in [0, 0.1) is 5.92 Å². The number of anilines is 1. The van der Waals surface area contributed by atoms with Gasteiger partial charge in [-0.3, -0.25) is 0 Å². The molecule has 130 valence electrons. The van der Waals surface area contributed by atoms with Crippen molar-refractivity contribution in [3.05, 3.63) is 24.3 Å². The van der Waals surface area contributed by atoms with E-state index < -0.39 is 14.8 Å². The predicted octanol–water partition coefficient (Wildman–Crippen LogP) is 3.66. The minimum Gasteiger partial charge on any atom is -0.385 e. The van der Waals surface area contributed by atoms with E-state index in [-0.39, 0.29) is 6.04 Å². The van der Waals surface area contributed by atoms with Crippen LogP contribution in [0.25, 0.3) is 0 Å². The standard InChI is InChI=1S/C17H28N2O2S2/c1-17(2,3)23(20,21)19-14-9-7-13(8-10-14)12-18-15-5-4-6-16(22)11-15/h4-6,11,13-14,18-19,22H,7-10,12H2,1-3H3/t13-,14-. The summed E-state index contributed by atoms with van der Waals surface area (Å²) in [7, 11) is -3.25. The van der Waals surface area contributed by atoms with Crippen LogP contribution in [0.4, 0.5) is 5.69 Å². The third-order valence-electron chi connectivity index (χ3n) is 4.42. The molecule has 1 saturated carbocycles. The molecule has 2 rings (SSSR count). The fourth-order valence-corrected chi connectivity index (χ4v) is 4.01. The first-order chi connectivity index (χ1) is 10.7. The van der Waals surface area contributed by atoms with Crippen LogP contribution in [0.5, 0.6) is 0 Å². The number of benzene rings is 1. The van der Waals surface area contributed by atoms with Crippen molar-refractivity contribution in [2.45, 2.75) is 62.1 Å². The largest absolute Gasteiger partial charge is 0.385 e. The van der Waals surface area contributed by atoms with Crippen LogP contribution >= 0.6 is 12.6 Å². The molecule has 0 heterocycles. The molecule has 2 N–H and O–H groups in total. The van der Waals surface area contributed by atoms with Crippen molar-refractivity contribution >= 4 is 28.3 Å². The quantitative estimate of drug-likeness (QED) is 0.706. The maximum absolute atomic E-state index is 12.2. The lowest BCUT2D eigenvalue weighted by Crippen LogP contribution is -2.46. The first-order valence-corrected chi connectivity index (χ1v) is 10.2. The summed E-state index contributed by atoms with van der Waals surface area (Å²) < 4.78 is 26.6. The lowest BCUT2D eigenvalue weighted by Gasteiger charge is -2.31. The second-order valence-electron chi connectivity index (χ2n) is 7.38. The normalized spacial score (nSPS) is 22.8. The Hall–Kier alpha value is -0.720. The van der Waals surface area contributed by atoms with Gasteiger partial charge in [0.1, 0.15) is 0 Å². The molecule has 0 amide bonds. The van der Waals surface area contributed by atoms with Crippen LogP contribution < -0.4 is 10.0 Å². The Morgan fingerprint density at radius 1 is 1.17 bits per heavy atom. The summed E-state index contributed by atoms with van der Waals surface area (Å²) >= 11 is 4.34. The van der Waals surface area contributed by atoms with E-state index in [0.29, 0.717) is 5.92 Å². The Morgan fingerprint density at radius 3 is 2.39 bits per heavy atom. The van der Waals surface area contributed by atoms with Crippen LogP contribution in [0.15, 0.2) is 29.2 Å². The van der Waals surface area contributed by atoms with Gasteiger partial charge in [0.25, 0.3) is 0 Å². The molecule has 0 aliphatic heterocycles. The Bertz CT molecular complexity index is 616. The molecule has 1 aliphatic rings. The average molecular weight is 357 g/mol. The van der Waals surface area contributed by atoms with Crippen molar-refractivity contribution < 1.29 is 8.42 Å². The van der Waals surface area contributed by atoms with Gasteiger partial charge in [-0.05, 0) is 70.6 Å². The summed E-state index contributed by atoms with van der Waals surface area (Å²) in [6.07, 6.45) is 3.91. The Balaban J connectivity index is 1.78. The smallest absolute Gasteiger partial charge is 0.216 e. The van der Waals surface area contributed by atoms with Crippen molar-refractivity contribution in [1.29, 1.82) is 0 Å². The molecule has 1 aliphatic carbocycles. The van der Waals surface area contributed by atoms with Crippen molar-refractivity contribution in [3.63, 3.8) is 0 Å². The Kier molecular flexibility index (Phi) is 6.03. The third kappa shape index (κ3) is 5.40. The highest BCUT2D eigenvalue weighted by atomic mass is 32.2. The molecular formula is C17H28N2O2S2. The van der Waals surface area contributed by atoms with Gasteiger partial charge < -0.3 is 5.32 Å². The van der Waals surface area contributed by atoms with E-state index >= 15 is 0 Å². The number of hydrogen-bond donors (Lipinski definition) is 3. The van der Waals surface area contributed by atoms with E-state index in [1.807, 2.05) is 24.3 Å². The number of nitrogens with one attached hydrogen (secondary N) is 2. The maximum atomic E-state index is 12.2. The van der Waals surface area contributed by atoms with Crippen LogP contribution in [-0.2, 0) is 10.0 Å². The van der Waals surface area contributed by atoms with Crippen molar-refractivity contribution in [2.24, 2.45) is 5.92 Å². The zero-order valence-electron chi connectivity index (χ0n) is 14.2. The Labute approximate surface area is 145 Å². The summed E-state index contributed by atoms with van der Waals surface area (Å²) in [6, 6.07) is 8.09. The van der Waals surface area contributed by atoms with Gasteiger partial charge in [-0.1, -0.05) is 6.07 Å². The second kappa shape index (κ2) is 7.45. The van der Waals surface area contributed by atoms with Crippen molar-refractivity contribution in [1.82, 2.24) is 4.72 Å². The van der Waals surface area contributed by atoms with Gasteiger partial charge in [0.05, 0.1) is 4.75 Å². The molecule has 0 spiro atoms. The van der Waals surface area contributed by atoms with Gasteiger partial charge in [-0.2, -0.15) is 0 Å². The van der Waals surface area contributed by atoms with Gasteiger partial charge in [-0.15, -0.1) is 12.6 Å². The van der Waals surface area contributed by atoms with E-state index in [1.165, 1.54) is 0 Å². The molecular weight excluding hydrogens is 328 g/mol. The number of thiol groups is 1. The maximum Gasteiger partial charge on any atom is 0.216 e. The number of rotatable bonds is 5. The highest BCUT2D eigenvalue weighted by molar-refractivity contribution is 7.90.